The van der Waals surface area contributed by atoms with Crippen LogP contribution in [-0.4, -0.2) is 0 Å². The molecule has 1 heterocycles. The van der Waals surface area contributed by atoms with Gasteiger partial charge in [0.05, 0.1) is 4.83 Å². The molecule has 0 radical (unpaired) electrons. The molecule has 0 spiro atoms. The Kier molecular flexibility index (Phi) is 3.43. The fourth-order valence-electron chi connectivity index (χ4n) is 2.18. The van der Waals surface area contributed by atoms with Crippen molar-refractivity contribution in [1.82, 2.24) is 0 Å². The van der Waals surface area contributed by atoms with Gasteiger partial charge in [-0.25, -0.2) is 0 Å². The highest BCUT2D eigenvalue weighted by atomic mass is 79.9. The molecule has 0 saturated heterocycles. The fraction of sp³-hybridized carbons (Fsp3) is 0.333. The number of halogens is 1. The molecule has 0 fully saturated rings. The molecule has 0 N–H and O–H groups in total. The second kappa shape index (κ2) is 4.69. The molecule has 1 atom stereocenters. The summed E-state index contributed by atoms with van der Waals surface area (Å²) in [4.78, 5) is 0.209. The van der Waals surface area contributed by atoms with E-state index >= 15 is 0 Å². The molecule has 1 nitrogen and oxygen atoms in total. The standard InChI is InChI=1S/C15H17BrO/c1-9-5-6-13(10(2)7-9)15(16)14-8-11(3)17-12(14)4/h5-8,15H,1-4H3. The van der Waals surface area contributed by atoms with Crippen LogP contribution in [0.5, 0.6) is 0 Å². The van der Waals surface area contributed by atoms with E-state index in [1.54, 1.807) is 0 Å². The molecule has 1 unspecified atom stereocenters. The third-order valence-electron chi connectivity index (χ3n) is 3.05. The zero-order chi connectivity index (χ0) is 12.6. The van der Waals surface area contributed by atoms with Crippen LogP contribution >= 0.6 is 15.9 Å². The number of aryl methyl sites for hydroxylation is 4. The van der Waals surface area contributed by atoms with Crippen molar-refractivity contribution in [3.05, 3.63) is 58.0 Å². The number of hydrogen-bond acceptors (Lipinski definition) is 1. The molecular formula is C15H17BrO. The Morgan fingerprint density at radius 2 is 1.71 bits per heavy atom. The Morgan fingerprint density at radius 3 is 2.24 bits per heavy atom. The first-order valence-electron chi connectivity index (χ1n) is 5.77. The Hall–Kier alpha value is -1.02. The summed E-state index contributed by atoms with van der Waals surface area (Å²) in [5.41, 5.74) is 5.13. The molecule has 90 valence electrons. The lowest BCUT2D eigenvalue weighted by Gasteiger charge is -2.13. The van der Waals surface area contributed by atoms with Gasteiger partial charge in [0.25, 0.3) is 0 Å². The highest BCUT2D eigenvalue weighted by molar-refractivity contribution is 9.09. The van der Waals surface area contributed by atoms with E-state index in [4.69, 9.17) is 4.42 Å². The van der Waals surface area contributed by atoms with Gasteiger partial charge in [0, 0.05) is 5.56 Å². The van der Waals surface area contributed by atoms with Gasteiger partial charge in [0.15, 0.2) is 0 Å². The van der Waals surface area contributed by atoms with Crippen LogP contribution in [-0.2, 0) is 0 Å². The molecule has 0 aliphatic rings. The van der Waals surface area contributed by atoms with Crippen LogP contribution in [0.15, 0.2) is 28.7 Å². The van der Waals surface area contributed by atoms with E-state index in [1.165, 1.54) is 22.3 Å². The maximum absolute atomic E-state index is 5.59. The Morgan fingerprint density at radius 1 is 1.00 bits per heavy atom. The van der Waals surface area contributed by atoms with Gasteiger partial charge in [-0.05, 0) is 44.9 Å². The maximum atomic E-state index is 5.59. The molecule has 2 rings (SSSR count). The average molecular weight is 293 g/mol. The molecule has 0 bridgehead atoms. The normalized spacial score (nSPS) is 12.8. The van der Waals surface area contributed by atoms with Gasteiger partial charge < -0.3 is 4.42 Å². The molecule has 0 aliphatic heterocycles. The van der Waals surface area contributed by atoms with Crippen LogP contribution in [0.1, 0.15) is 38.6 Å². The molecule has 0 saturated carbocycles. The lowest BCUT2D eigenvalue weighted by Crippen LogP contribution is -1.96. The minimum Gasteiger partial charge on any atom is -0.466 e. The molecule has 1 aromatic carbocycles. The van der Waals surface area contributed by atoms with Crippen molar-refractivity contribution >= 4 is 15.9 Å². The lowest BCUT2D eigenvalue weighted by atomic mass is 9.99. The number of benzene rings is 1. The van der Waals surface area contributed by atoms with E-state index < -0.39 is 0 Å². The van der Waals surface area contributed by atoms with Crippen molar-refractivity contribution in [2.45, 2.75) is 32.5 Å². The van der Waals surface area contributed by atoms with Gasteiger partial charge in [-0.15, -0.1) is 0 Å². The van der Waals surface area contributed by atoms with E-state index in [0.717, 1.165) is 11.5 Å². The Balaban J connectivity index is 2.43. The largest absolute Gasteiger partial charge is 0.466 e. The third-order valence-corrected chi connectivity index (χ3v) is 4.04. The number of rotatable bonds is 2. The van der Waals surface area contributed by atoms with Crippen LogP contribution in [0.4, 0.5) is 0 Å². The monoisotopic (exact) mass is 292 g/mol. The van der Waals surface area contributed by atoms with E-state index in [-0.39, 0.29) is 4.83 Å². The minimum atomic E-state index is 0.209. The lowest BCUT2D eigenvalue weighted by molar-refractivity contribution is 0.502. The van der Waals surface area contributed by atoms with Crippen molar-refractivity contribution in [3.63, 3.8) is 0 Å². The highest BCUT2D eigenvalue weighted by Gasteiger charge is 2.17. The fourth-order valence-corrected chi connectivity index (χ4v) is 3.15. The molecule has 2 heteroatoms. The first-order chi connectivity index (χ1) is 7.99. The molecule has 17 heavy (non-hydrogen) atoms. The van der Waals surface area contributed by atoms with Gasteiger partial charge in [-0.2, -0.15) is 0 Å². The Bertz CT molecular complexity index is 540. The first-order valence-corrected chi connectivity index (χ1v) is 6.68. The second-order valence-corrected chi connectivity index (χ2v) is 5.51. The second-order valence-electron chi connectivity index (χ2n) is 4.59. The highest BCUT2D eigenvalue weighted by Crippen LogP contribution is 2.36. The van der Waals surface area contributed by atoms with E-state index in [0.29, 0.717) is 0 Å². The van der Waals surface area contributed by atoms with E-state index in [2.05, 4.69) is 54.0 Å². The molecule has 0 amide bonds. The summed E-state index contributed by atoms with van der Waals surface area (Å²) in [6, 6.07) is 8.66. The van der Waals surface area contributed by atoms with Gasteiger partial charge in [-0.1, -0.05) is 39.7 Å². The van der Waals surface area contributed by atoms with Crippen molar-refractivity contribution in [2.75, 3.05) is 0 Å². The maximum Gasteiger partial charge on any atom is 0.105 e. The van der Waals surface area contributed by atoms with Crippen LogP contribution in [0, 0.1) is 27.7 Å². The quantitative estimate of drug-likeness (QED) is 0.710. The minimum absolute atomic E-state index is 0.209. The summed E-state index contributed by atoms with van der Waals surface area (Å²) in [7, 11) is 0. The third kappa shape index (κ3) is 2.47. The smallest absolute Gasteiger partial charge is 0.105 e. The summed E-state index contributed by atoms with van der Waals surface area (Å²) < 4.78 is 5.59. The van der Waals surface area contributed by atoms with Gasteiger partial charge in [0.2, 0.25) is 0 Å². The summed E-state index contributed by atoms with van der Waals surface area (Å²) in [6.07, 6.45) is 0. The Labute approximate surface area is 111 Å². The molecule has 1 aromatic heterocycles. The molecule has 0 aliphatic carbocycles. The van der Waals surface area contributed by atoms with E-state index in [1.807, 2.05) is 13.8 Å². The predicted molar refractivity (Wildman–Crippen MR) is 74.9 cm³/mol. The van der Waals surface area contributed by atoms with Crippen molar-refractivity contribution in [1.29, 1.82) is 0 Å². The zero-order valence-electron chi connectivity index (χ0n) is 10.7. The van der Waals surface area contributed by atoms with Crippen LogP contribution < -0.4 is 0 Å². The van der Waals surface area contributed by atoms with Crippen molar-refractivity contribution in [3.8, 4) is 0 Å². The number of furan rings is 1. The van der Waals surface area contributed by atoms with Gasteiger partial charge in [0.1, 0.15) is 11.5 Å². The van der Waals surface area contributed by atoms with Crippen LogP contribution in [0.3, 0.4) is 0 Å². The van der Waals surface area contributed by atoms with Crippen LogP contribution in [0.25, 0.3) is 0 Å². The topological polar surface area (TPSA) is 13.1 Å². The predicted octanol–water partition coefficient (Wildman–Crippen LogP) is 5.00. The molecule has 2 aromatic rings. The van der Waals surface area contributed by atoms with Crippen molar-refractivity contribution in [2.24, 2.45) is 0 Å². The summed E-state index contributed by atoms with van der Waals surface area (Å²) in [5.74, 6) is 1.95. The first kappa shape index (κ1) is 12.4. The van der Waals surface area contributed by atoms with E-state index in [9.17, 15) is 0 Å². The SMILES string of the molecule is Cc1ccc(C(Br)c2cc(C)oc2C)c(C)c1. The van der Waals surface area contributed by atoms with Crippen molar-refractivity contribution < 1.29 is 4.42 Å². The molecular weight excluding hydrogens is 276 g/mol. The number of alkyl halides is 1. The zero-order valence-corrected chi connectivity index (χ0v) is 12.3. The van der Waals surface area contributed by atoms with Gasteiger partial charge in [-0.3, -0.25) is 0 Å². The van der Waals surface area contributed by atoms with Crippen LogP contribution in [0.2, 0.25) is 0 Å². The summed E-state index contributed by atoms with van der Waals surface area (Å²) >= 11 is 3.77. The average Bonchev–Trinajstić information content (AvgIpc) is 2.57. The summed E-state index contributed by atoms with van der Waals surface area (Å²) in [5, 5.41) is 0. The number of hydrogen-bond donors (Lipinski definition) is 0. The van der Waals surface area contributed by atoms with Gasteiger partial charge >= 0.3 is 0 Å². The summed E-state index contributed by atoms with van der Waals surface area (Å²) in [6.45, 7) is 8.27.